The fraction of sp³-hybridized carbons (Fsp3) is 0.500. The Morgan fingerprint density at radius 1 is 1.02 bits per heavy atom. The molecule has 0 bridgehead atoms. The van der Waals surface area contributed by atoms with E-state index in [9.17, 15) is 9.28 Å². The number of morpholine rings is 1. The van der Waals surface area contributed by atoms with E-state index < -0.39 is 11.9 Å². The average molecular weight is 650 g/mol. The molecule has 0 spiro atoms. The van der Waals surface area contributed by atoms with Gasteiger partial charge in [0.25, 0.3) is 0 Å². The highest BCUT2D eigenvalue weighted by Crippen LogP contribution is 2.34. The molecule has 0 amide bonds. The smallest absolute Gasteiger partial charge is 0.414 e. The molecule has 2 fully saturated rings. The van der Waals surface area contributed by atoms with Crippen LogP contribution in [0.25, 0.3) is 0 Å². The van der Waals surface area contributed by atoms with Gasteiger partial charge in [0.1, 0.15) is 30.8 Å². The van der Waals surface area contributed by atoms with E-state index in [2.05, 4.69) is 20.6 Å². The van der Waals surface area contributed by atoms with Gasteiger partial charge in [0.2, 0.25) is 0 Å². The first-order chi connectivity index (χ1) is 22.3. The number of aliphatic carboxylic acids is 2. The lowest BCUT2D eigenvalue weighted by molar-refractivity contribution is -0.159. The van der Waals surface area contributed by atoms with Crippen molar-refractivity contribution in [2.24, 2.45) is 0 Å². The molecule has 0 aromatic carbocycles. The highest BCUT2D eigenvalue weighted by Gasteiger charge is 2.20. The molecular formula is C28H36FN7O10. The van der Waals surface area contributed by atoms with E-state index in [4.69, 9.17) is 48.7 Å². The topological polar surface area (TPSA) is 227 Å². The summed E-state index contributed by atoms with van der Waals surface area (Å²) in [6, 6.07) is 6.81. The number of carboxylic acids is 2. The Hall–Kier alpha value is -4.83. The van der Waals surface area contributed by atoms with Crippen LogP contribution in [0.15, 0.2) is 24.4 Å². The summed E-state index contributed by atoms with van der Waals surface area (Å²) < 4.78 is 41.1. The zero-order valence-electron chi connectivity index (χ0n) is 24.9. The molecule has 17 nitrogen and oxygen atoms in total. The molecule has 250 valence electrons. The number of hydrogen-bond donors (Lipinski definition) is 5. The monoisotopic (exact) mass is 649 g/mol. The van der Waals surface area contributed by atoms with E-state index in [1.165, 1.54) is 12.3 Å². The van der Waals surface area contributed by atoms with E-state index >= 15 is 0 Å². The second kappa shape index (κ2) is 19.5. The minimum absolute atomic E-state index is 0.0479. The van der Waals surface area contributed by atoms with Gasteiger partial charge in [-0.25, -0.2) is 25.1 Å². The Balaban J connectivity index is 0.000000875. The first-order valence-electron chi connectivity index (χ1n) is 14.3. The normalized spacial score (nSPS) is 15.0. The Morgan fingerprint density at radius 3 is 2.35 bits per heavy atom. The molecule has 0 saturated carbocycles. The third kappa shape index (κ3) is 12.6. The Labute approximate surface area is 263 Å². The maximum Gasteiger partial charge on any atom is 0.414 e. The van der Waals surface area contributed by atoms with Crippen LogP contribution in [0.2, 0.25) is 0 Å². The number of carboxylic acid groups (broad SMARTS) is 2. The number of nitriles is 1. The maximum absolute atomic E-state index is 13.8. The van der Waals surface area contributed by atoms with Crippen molar-refractivity contribution in [1.82, 2.24) is 14.9 Å². The van der Waals surface area contributed by atoms with Crippen molar-refractivity contribution in [1.29, 1.82) is 5.26 Å². The minimum Gasteiger partial charge on any atom is -0.487 e. The molecule has 18 heteroatoms. The summed E-state index contributed by atoms with van der Waals surface area (Å²) in [5.41, 5.74) is 2.10. The number of rotatable bonds is 14. The van der Waals surface area contributed by atoms with Crippen molar-refractivity contribution < 1.29 is 52.8 Å². The summed E-state index contributed by atoms with van der Waals surface area (Å²) in [6.07, 6.45) is 2.99. The molecule has 46 heavy (non-hydrogen) atoms. The standard InChI is InChI=1S/C26H34FN7O6.C2H2O4/c27-33-21-15-22(39-13-11-38-12-14-40-24(35)18-34-5-9-37-10-6-34)26(30-20-3-7-36-8-4-20)32-25(21)31-23-2-1-19(16-28)17-29-23;3-1(4)2(5)6/h1-2,15,17,20,33H,3-14,18H2,(H2,29,30,31,32);(H,3,4)(H,5,6). The largest absolute Gasteiger partial charge is 0.487 e. The highest BCUT2D eigenvalue weighted by atomic mass is 19.2. The lowest BCUT2D eigenvalue weighted by Crippen LogP contribution is -2.40. The molecule has 2 aromatic heterocycles. The second-order valence-corrected chi connectivity index (χ2v) is 9.71. The molecular weight excluding hydrogens is 613 g/mol. The summed E-state index contributed by atoms with van der Waals surface area (Å²) in [5, 5.41) is 30.1. The molecule has 0 atom stereocenters. The lowest BCUT2D eigenvalue weighted by atomic mass is 10.1. The molecule has 2 saturated heterocycles. The van der Waals surface area contributed by atoms with Gasteiger partial charge in [0, 0.05) is 44.6 Å². The number of nitrogens with zero attached hydrogens (tertiary/aromatic N) is 4. The third-order valence-electron chi connectivity index (χ3n) is 6.41. The number of pyridine rings is 2. The van der Waals surface area contributed by atoms with Gasteiger partial charge in [0.15, 0.2) is 17.4 Å². The van der Waals surface area contributed by atoms with Crippen molar-refractivity contribution in [3.63, 3.8) is 0 Å². The van der Waals surface area contributed by atoms with Gasteiger partial charge >= 0.3 is 17.9 Å². The van der Waals surface area contributed by atoms with Gasteiger partial charge in [-0.2, -0.15) is 5.26 Å². The Bertz CT molecular complexity index is 1300. The zero-order chi connectivity index (χ0) is 33.1. The van der Waals surface area contributed by atoms with Crippen molar-refractivity contribution in [3.8, 4) is 11.8 Å². The first kappa shape index (κ1) is 35.6. The number of carbonyl (C=O) groups excluding carboxylic acids is 1. The van der Waals surface area contributed by atoms with Crippen LogP contribution in [0.3, 0.4) is 0 Å². The molecule has 2 aliphatic rings. The van der Waals surface area contributed by atoms with Crippen LogP contribution in [0.4, 0.5) is 27.6 Å². The Morgan fingerprint density at radius 2 is 1.72 bits per heavy atom. The van der Waals surface area contributed by atoms with Crippen LogP contribution in [-0.2, 0) is 33.3 Å². The van der Waals surface area contributed by atoms with Gasteiger partial charge in [-0.1, -0.05) is 0 Å². The van der Waals surface area contributed by atoms with Gasteiger partial charge < -0.3 is 44.5 Å². The summed E-state index contributed by atoms with van der Waals surface area (Å²) in [7, 11) is 0. The summed E-state index contributed by atoms with van der Waals surface area (Å²) in [5.74, 6) is -2.59. The number of ether oxygens (including phenoxy) is 5. The number of esters is 1. The summed E-state index contributed by atoms with van der Waals surface area (Å²) in [6.45, 7) is 4.92. The highest BCUT2D eigenvalue weighted by molar-refractivity contribution is 6.27. The predicted molar refractivity (Wildman–Crippen MR) is 158 cm³/mol. The number of carbonyl (C=O) groups is 3. The van der Waals surface area contributed by atoms with E-state index in [1.54, 1.807) is 17.7 Å². The molecule has 0 aliphatic carbocycles. The number of hydrogen-bond acceptors (Lipinski definition) is 15. The van der Waals surface area contributed by atoms with Crippen LogP contribution < -0.4 is 20.9 Å². The summed E-state index contributed by atoms with van der Waals surface area (Å²) >= 11 is 0. The minimum atomic E-state index is -1.82. The van der Waals surface area contributed by atoms with Crippen LogP contribution >= 0.6 is 0 Å². The number of halogens is 1. The van der Waals surface area contributed by atoms with Crippen molar-refractivity contribution in [2.75, 3.05) is 88.7 Å². The van der Waals surface area contributed by atoms with Gasteiger partial charge in [-0.3, -0.25) is 9.69 Å². The SMILES string of the molecule is N#Cc1ccc(Nc2nc(NC3CCOCC3)c(OCCOCCOC(=O)CN3CCOCC3)cc2NF)nc1.O=C(O)C(=O)O. The number of anilines is 4. The van der Waals surface area contributed by atoms with Gasteiger partial charge in [0.05, 0.1) is 38.5 Å². The maximum atomic E-state index is 13.8. The van der Waals surface area contributed by atoms with Crippen LogP contribution in [0.1, 0.15) is 18.4 Å². The van der Waals surface area contributed by atoms with Crippen LogP contribution in [-0.4, -0.2) is 122 Å². The van der Waals surface area contributed by atoms with Crippen molar-refractivity contribution in [3.05, 3.63) is 30.0 Å². The van der Waals surface area contributed by atoms with E-state index in [0.29, 0.717) is 62.5 Å². The molecule has 2 aliphatic heterocycles. The first-order valence-corrected chi connectivity index (χ1v) is 14.3. The van der Waals surface area contributed by atoms with Gasteiger partial charge in [-0.15, -0.1) is 4.48 Å². The molecule has 4 heterocycles. The zero-order valence-corrected chi connectivity index (χ0v) is 24.9. The molecule has 2 aromatic rings. The average Bonchev–Trinajstić information content (AvgIpc) is 3.06. The fourth-order valence-electron chi connectivity index (χ4n) is 4.08. The van der Waals surface area contributed by atoms with E-state index in [1.807, 2.05) is 11.0 Å². The quantitative estimate of drug-likeness (QED) is 0.0843. The molecule has 4 rings (SSSR count). The summed E-state index contributed by atoms with van der Waals surface area (Å²) in [4.78, 5) is 40.9. The second-order valence-electron chi connectivity index (χ2n) is 9.71. The van der Waals surface area contributed by atoms with Gasteiger partial charge in [-0.05, 0) is 25.0 Å². The van der Waals surface area contributed by atoms with Crippen LogP contribution in [0, 0.1) is 11.3 Å². The molecule has 0 radical (unpaired) electrons. The van der Waals surface area contributed by atoms with Crippen molar-refractivity contribution >= 4 is 41.0 Å². The molecule has 0 unspecified atom stereocenters. The lowest BCUT2D eigenvalue weighted by Gasteiger charge is -2.25. The van der Waals surface area contributed by atoms with Crippen molar-refractivity contribution in [2.45, 2.75) is 18.9 Å². The molecule has 5 N–H and O–H groups in total. The fourth-order valence-corrected chi connectivity index (χ4v) is 4.08. The number of aromatic nitrogens is 2. The third-order valence-corrected chi connectivity index (χ3v) is 6.41. The predicted octanol–water partition coefficient (Wildman–Crippen LogP) is 1.41. The van der Waals surface area contributed by atoms with Crippen LogP contribution in [0.5, 0.6) is 5.75 Å². The number of nitrogens with one attached hydrogen (secondary N) is 3. The van der Waals surface area contributed by atoms with E-state index in [0.717, 1.165) is 12.8 Å². The Kier molecular flexibility index (Phi) is 15.1. The van der Waals surface area contributed by atoms with E-state index in [-0.39, 0.29) is 56.5 Å².